The molecule has 0 spiro atoms. The van der Waals surface area contributed by atoms with Gasteiger partial charge in [0.15, 0.2) is 6.61 Å². The van der Waals surface area contributed by atoms with Crippen LogP contribution in [0.1, 0.15) is 48.2 Å². The topological polar surface area (TPSA) is 54.8 Å². The number of amides is 1. The summed E-state index contributed by atoms with van der Waals surface area (Å²) in [5.41, 5.74) is 1.90. The Bertz CT molecular complexity index is 975. The third-order valence-electron chi connectivity index (χ3n) is 6.56. The molecular weight excluding hydrogens is 480 g/mol. The highest BCUT2D eigenvalue weighted by molar-refractivity contribution is 7.13. The SMILES string of the molecule is O=C(Cc1ccc(Cl)cc1)N=CC1CCC(CCN2CCc3sc(OCC(F)F)nc3C2)CC1. The summed E-state index contributed by atoms with van der Waals surface area (Å²) in [6.07, 6.45) is 6.19. The molecule has 1 saturated carbocycles. The largest absolute Gasteiger partial charge is 0.464 e. The van der Waals surface area contributed by atoms with E-state index in [1.54, 1.807) is 12.1 Å². The molecule has 0 atom stereocenters. The number of hydrogen-bond acceptors (Lipinski definition) is 5. The van der Waals surface area contributed by atoms with Gasteiger partial charge in [0.25, 0.3) is 11.6 Å². The highest BCUT2D eigenvalue weighted by Gasteiger charge is 2.24. The highest BCUT2D eigenvalue weighted by atomic mass is 35.5. The van der Waals surface area contributed by atoms with Crippen molar-refractivity contribution in [1.29, 1.82) is 0 Å². The summed E-state index contributed by atoms with van der Waals surface area (Å²) in [6, 6.07) is 7.30. The molecule has 2 aromatic rings. The maximum Gasteiger partial charge on any atom is 0.273 e. The lowest BCUT2D eigenvalue weighted by Crippen LogP contribution is -2.32. The van der Waals surface area contributed by atoms with Crippen LogP contribution in [-0.2, 0) is 24.2 Å². The molecule has 0 bridgehead atoms. The molecule has 0 unspecified atom stereocenters. The lowest BCUT2D eigenvalue weighted by Gasteiger charge is -2.30. The predicted molar refractivity (Wildman–Crippen MR) is 131 cm³/mol. The summed E-state index contributed by atoms with van der Waals surface area (Å²) in [5, 5.41) is 1.02. The van der Waals surface area contributed by atoms with Gasteiger partial charge in [-0.1, -0.05) is 35.1 Å². The quantitative estimate of drug-likeness (QED) is 0.399. The Hall–Kier alpha value is -1.90. The minimum absolute atomic E-state index is 0.112. The molecule has 5 nitrogen and oxygen atoms in total. The van der Waals surface area contributed by atoms with Crippen LogP contribution in [0.25, 0.3) is 0 Å². The zero-order chi connectivity index (χ0) is 23.9. The van der Waals surface area contributed by atoms with Gasteiger partial charge in [-0.3, -0.25) is 9.69 Å². The van der Waals surface area contributed by atoms with Crippen molar-refractivity contribution < 1.29 is 18.3 Å². The maximum absolute atomic E-state index is 12.4. The first kappa shape index (κ1) is 25.2. The minimum atomic E-state index is -2.48. The van der Waals surface area contributed by atoms with Gasteiger partial charge < -0.3 is 4.74 Å². The van der Waals surface area contributed by atoms with Crippen molar-refractivity contribution in [3.05, 3.63) is 45.4 Å². The van der Waals surface area contributed by atoms with Crippen LogP contribution < -0.4 is 4.74 Å². The first-order chi connectivity index (χ1) is 16.4. The number of fused-ring (bicyclic) bond motifs is 1. The molecule has 2 aliphatic rings. The van der Waals surface area contributed by atoms with Crippen molar-refractivity contribution >= 4 is 35.1 Å². The van der Waals surface area contributed by atoms with Crippen LogP contribution in [0.3, 0.4) is 0 Å². The molecule has 1 amide bonds. The average Bonchev–Trinajstić information content (AvgIpc) is 3.24. The van der Waals surface area contributed by atoms with Crippen LogP contribution in [-0.4, -0.2) is 48.1 Å². The van der Waals surface area contributed by atoms with Crippen LogP contribution >= 0.6 is 22.9 Å². The van der Waals surface area contributed by atoms with Crippen molar-refractivity contribution in [1.82, 2.24) is 9.88 Å². The number of aromatic nitrogens is 1. The molecule has 1 aliphatic heterocycles. The summed E-state index contributed by atoms with van der Waals surface area (Å²) in [7, 11) is 0. The van der Waals surface area contributed by atoms with Crippen LogP contribution in [0.15, 0.2) is 29.3 Å². The molecule has 34 heavy (non-hydrogen) atoms. The predicted octanol–water partition coefficient (Wildman–Crippen LogP) is 5.84. The van der Waals surface area contributed by atoms with E-state index in [1.165, 1.54) is 11.3 Å². The Balaban J connectivity index is 1.15. The number of hydrogen-bond donors (Lipinski definition) is 0. The number of thiazole rings is 1. The Morgan fingerprint density at radius 3 is 2.76 bits per heavy atom. The molecular formula is C25H30ClF2N3O2S. The summed E-state index contributed by atoms with van der Waals surface area (Å²) in [5.74, 6) is 0.958. The fourth-order valence-corrected chi connectivity index (χ4v) is 5.66. The van der Waals surface area contributed by atoms with E-state index in [0.29, 0.717) is 28.5 Å². The third-order valence-corrected chi connectivity index (χ3v) is 7.88. The molecule has 1 fully saturated rings. The molecule has 1 aromatic carbocycles. The van der Waals surface area contributed by atoms with Gasteiger partial charge >= 0.3 is 0 Å². The van der Waals surface area contributed by atoms with E-state index in [1.807, 2.05) is 18.3 Å². The van der Waals surface area contributed by atoms with Gasteiger partial charge in [0, 0.05) is 29.2 Å². The standard InChI is InChI=1S/C25H30ClF2N3O2S/c26-20-7-5-18(6-8-20)13-24(32)29-14-19-3-1-17(2-4-19)9-11-31-12-10-22-21(15-31)30-25(34-22)33-16-23(27)28/h5-8,14,17,19,23H,1-4,9-13,15-16H2. The normalized spacial score (nSPS) is 21.2. The van der Waals surface area contributed by atoms with E-state index in [0.717, 1.165) is 74.3 Å². The molecule has 0 radical (unpaired) electrons. The Morgan fingerprint density at radius 2 is 2.03 bits per heavy atom. The van der Waals surface area contributed by atoms with Gasteiger partial charge in [-0.2, -0.15) is 0 Å². The Labute approximate surface area is 208 Å². The van der Waals surface area contributed by atoms with Gasteiger partial charge in [0.1, 0.15) is 0 Å². The summed E-state index contributed by atoms with van der Waals surface area (Å²) >= 11 is 7.28. The van der Waals surface area contributed by atoms with Gasteiger partial charge in [-0.25, -0.2) is 18.8 Å². The zero-order valence-electron chi connectivity index (χ0n) is 19.1. The first-order valence-electron chi connectivity index (χ1n) is 11.9. The number of alkyl halides is 2. The summed E-state index contributed by atoms with van der Waals surface area (Å²) < 4.78 is 29.8. The Morgan fingerprint density at radius 1 is 1.26 bits per heavy atom. The van der Waals surface area contributed by atoms with E-state index >= 15 is 0 Å². The molecule has 1 aromatic heterocycles. The van der Waals surface area contributed by atoms with Crippen molar-refractivity contribution in [2.75, 3.05) is 19.7 Å². The van der Waals surface area contributed by atoms with Crippen molar-refractivity contribution in [2.24, 2.45) is 16.8 Å². The smallest absolute Gasteiger partial charge is 0.273 e. The third kappa shape index (κ3) is 7.55. The highest BCUT2D eigenvalue weighted by Crippen LogP contribution is 2.32. The molecule has 0 N–H and O–H groups in total. The molecule has 184 valence electrons. The first-order valence-corrected chi connectivity index (χ1v) is 13.1. The number of benzene rings is 1. The molecule has 2 heterocycles. The second kappa shape index (κ2) is 12.2. The maximum atomic E-state index is 12.4. The zero-order valence-corrected chi connectivity index (χ0v) is 20.7. The molecule has 9 heteroatoms. The van der Waals surface area contributed by atoms with Gasteiger partial charge in [0.2, 0.25) is 5.91 Å². The summed E-state index contributed by atoms with van der Waals surface area (Å²) in [6.45, 7) is 2.16. The van der Waals surface area contributed by atoms with Crippen LogP contribution in [0.4, 0.5) is 8.78 Å². The fraction of sp³-hybridized carbons (Fsp3) is 0.560. The van der Waals surface area contributed by atoms with E-state index in [4.69, 9.17) is 16.3 Å². The minimum Gasteiger partial charge on any atom is -0.464 e. The number of aliphatic imine (C=N–C) groups is 1. The average molecular weight is 510 g/mol. The number of carbonyl (C=O) groups is 1. The van der Waals surface area contributed by atoms with Crippen molar-refractivity contribution in [3.8, 4) is 5.19 Å². The summed E-state index contributed by atoms with van der Waals surface area (Å²) in [4.78, 5) is 24.3. The molecule has 0 saturated heterocycles. The second-order valence-corrected chi connectivity index (χ2v) is 10.6. The van der Waals surface area contributed by atoms with Crippen LogP contribution in [0, 0.1) is 11.8 Å². The van der Waals surface area contributed by atoms with Crippen LogP contribution in [0.2, 0.25) is 5.02 Å². The fourth-order valence-electron chi connectivity index (χ4n) is 4.62. The molecule has 1 aliphatic carbocycles. The van der Waals surface area contributed by atoms with Crippen molar-refractivity contribution in [3.63, 3.8) is 0 Å². The van der Waals surface area contributed by atoms with E-state index in [2.05, 4.69) is 14.9 Å². The van der Waals surface area contributed by atoms with Crippen molar-refractivity contribution in [2.45, 2.75) is 57.9 Å². The van der Waals surface area contributed by atoms with E-state index < -0.39 is 13.0 Å². The number of nitrogens with zero attached hydrogens (tertiary/aromatic N) is 3. The van der Waals surface area contributed by atoms with E-state index in [-0.39, 0.29) is 5.91 Å². The van der Waals surface area contributed by atoms with Gasteiger partial charge in [-0.05, 0) is 74.6 Å². The Kier molecular flexibility index (Phi) is 9.03. The van der Waals surface area contributed by atoms with E-state index in [9.17, 15) is 13.6 Å². The monoisotopic (exact) mass is 509 g/mol. The van der Waals surface area contributed by atoms with Crippen LogP contribution in [0.5, 0.6) is 5.19 Å². The van der Waals surface area contributed by atoms with Gasteiger partial charge in [0.05, 0.1) is 12.1 Å². The number of halogens is 3. The molecule has 4 rings (SSSR count). The number of carbonyl (C=O) groups excluding carboxylic acids is 1. The lowest BCUT2D eigenvalue weighted by atomic mass is 9.81. The number of ether oxygens (including phenoxy) is 1. The number of rotatable bonds is 9. The van der Waals surface area contributed by atoms with Gasteiger partial charge in [-0.15, -0.1) is 0 Å². The second-order valence-electron chi connectivity index (χ2n) is 9.12. The lowest BCUT2D eigenvalue weighted by molar-refractivity contribution is -0.117.